The van der Waals surface area contributed by atoms with Gasteiger partial charge in [0.25, 0.3) is 0 Å². The van der Waals surface area contributed by atoms with Gasteiger partial charge in [-0.3, -0.25) is 0 Å². The van der Waals surface area contributed by atoms with Crippen molar-refractivity contribution in [2.24, 2.45) is 5.73 Å². The molecule has 0 bridgehead atoms. The summed E-state index contributed by atoms with van der Waals surface area (Å²) in [6.07, 6.45) is 0. The number of nitrogens with two attached hydrogens (primary N) is 1. The summed E-state index contributed by atoms with van der Waals surface area (Å²) in [7, 11) is 0. The van der Waals surface area contributed by atoms with Gasteiger partial charge < -0.3 is 10.5 Å². The van der Waals surface area contributed by atoms with E-state index in [4.69, 9.17) is 10.5 Å². The Labute approximate surface area is 110 Å². The van der Waals surface area contributed by atoms with Crippen LogP contribution in [0.5, 0.6) is 11.5 Å². The third-order valence-corrected chi connectivity index (χ3v) is 2.71. The second-order valence-corrected chi connectivity index (χ2v) is 4.52. The Kier molecular flexibility index (Phi) is 3.81. The Morgan fingerprint density at radius 2 is 1.47 bits per heavy atom. The average molecular weight is 263 g/mol. The molecule has 2 aromatic rings. The van der Waals surface area contributed by atoms with Crippen LogP contribution in [0.3, 0.4) is 0 Å². The number of rotatable bonds is 3. The summed E-state index contributed by atoms with van der Waals surface area (Å²) >= 11 is 0. The molecule has 2 N–H and O–H groups in total. The van der Waals surface area contributed by atoms with E-state index in [0.717, 1.165) is 11.1 Å². The number of halogens is 2. The van der Waals surface area contributed by atoms with Crippen molar-refractivity contribution < 1.29 is 13.5 Å². The van der Waals surface area contributed by atoms with Crippen LogP contribution >= 0.6 is 0 Å². The number of aryl methyl sites for hydroxylation is 2. The van der Waals surface area contributed by atoms with Gasteiger partial charge in [0.05, 0.1) is 0 Å². The normalized spacial score (nSPS) is 10.6. The zero-order chi connectivity index (χ0) is 14.0. The minimum Gasteiger partial charge on any atom is -0.451 e. The van der Waals surface area contributed by atoms with Crippen molar-refractivity contribution in [1.82, 2.24) is 0 Å². The van der Waals surface area contributed by atoms with Gasteiger partial charge in [-0.1, -0.05) is 6.07 Å². The molecule has 0 spiro atoms. The van der Waals surface area contributed by atoms with Gasteiger partial charge in [0.15, 0.2) is 17.4 Å². The van der Waals surface area contributed by atoms with Gasteiger partial charge in [-0.15, -0.1) is 0 Å². The van der Waals surface area contributed by atoms with E-state index in [9.17, 15) is 8.78 Å². The summed E-state index contributed by atoms with van der Waals surface area (Å²) in [5, 5.41) is 0. The summed E-state index contributed by atoms with van der Waals surface area (Å²) in [5.74, 6) is -1.49. The molecule has 0 saturated carbocycles. The zero-order valence-corrected chi connectivity index (χ0v) is 10.8. The third-order valence-electron chi connectivity index (χ3n) is 2.71. The maximum atomic E-state index is 13.8. The van der Waals surface area contributed by atoms with Crippen LogP contribution in [-0.2, 0) is 6.54 Å². The molecule has 2 rings (SSSR count). The van der Waals surface area contributed by atoms with Gasteiger partial charge in [0.2, 0.25) is 0 Å². The molecule has 2 aromatic carbocycles. The summed E-state index contributed by atoms with van der Waals surface area (Å²) < 4.78 is 32.8. The molecule has 19 heavy (non-hydrogen) atoms. The predicted octanol–water partition coefficient (Wildman–Crippen LogP) is 3.83. The van der Waals surface area contributed by atoms with Crippen molar-refractivity contribution in [2.45, 2.75) is 20.4 Å². The van der Waals surface area contributed by atoms with Crippen molar-refractivity contribution >= 4 is 0 Å². The van der Waals surface area contributed by atoms with E-state index in [1.807, 2.05) is 19.9 Å². The number of hydrogen-bond acceptors (Lipinski definition) is 2. The molecule has 100 valence electrons. The maximum absolute atomic E-state index is 13.8. The molecule has 0 atom stereocenters. The minimum absolute atomic E-state index is 0.0810. The van der Waals surface area contributed by atoms with Crippen molar-refractivity contribution in [3.8, 4) is 11.5 Å². The average Bonchev–Trinajstić information content (AvgIpc) is 2.32. The lowest BCUT2D eigenvalue weighted by Crippen LogP contribution is -2.00. The van der Waals surface area contributed by atoms with Crippen LogP contribution in [0.1, 0.15) is 16.7 Å². The fourth-order valence-corrected chi connectivity index (χ4v) is 1.94. The van der Waals surface area contributed by atoms with Crippen LogP contribution < -0.4 is 10.5 Å². The maximum Gasteiger partial charge on any atom is 0.198 e. The molecule has 0 radical (unpaired) electrons. The first kappa shape index (κ1) is 13.5. The predicted molar refractivity (Wildman–Crippen MR) is 70.2 cm³/mol. The molecule has 0 fully saturated rings. The second-order valence-electron chi connectivity index (χ2n) is 4.52. The Hall–Kier alpha value is -1.94. The van der Waals surface area contributed by atoms with Gasteiger partial charge in [0, 0.05) is 6.54 Å². The minimum atomic E-state index is -0.750. The van der Waals surface area contributed by atoms with E-state index in [1.54, 1.807) is 12.1 Å². The zero-order valence-electron chi connectivity index (χ0n) is 10.8. The van der Waals surface area contributed by atoms with Crippen LogP contribution in [0, 0.1) is 25.5 Å². The van der Waals surface area contributed by atoms with E-state index in [0.29, 0.717) is 11.3 Å². The van der Waals surface area contributed by atoms with E-state index < -0.39 is 17.4 Å². The van der Waals surface area contributed by atoms with Gasteiger partial charge >= 0.3 is 0 Å². The first-order valence-corrected chi connectivity index (χ1v) is 5.93. The highest BCUT2D eigenvalue weighted by Crippen LogP contribution is 2.29. The standard InChI is InChI=1S/C15H15F2NO/c1-9-3-10(2)5-12(4-9)19-15-13(16)6-11(8-18)7-14(15)17/h3-7H,8,18H2,1-2H3. The molecular weight excluding hydrogens is 248 g/mol. The van der Waals surface area contributed by atoms with Crippen molar-refractivity contribution in [3.05, 3.63) is 58.7 Å². The SMILES string of the molecule is Cc1cc(C)cc(Oc2c(F)cc(CN)cc2F)c1. The van der Waals surface area contributed by atoms with Crippen molar-refractivity contribution in [2.75, 3.05) is 0 Å². The third kappa shape index (κ3) is 3.09. The monoisotopic (exact) mass is 263 g/mol. The quantitative estimate of drug-likeness (QED) is 0.913. The molecule has 4 heteroatoms. The van der Waals surface area contributed by atoms with Crippen molar-refractivity contribution in [3.63, 3.8) is 0 Å². The fraction of sp³-hybridized carbons (Fsp3) is 0.200. The van der Waals surface area contributed by atoms with Crippen LogP contribution in [0.25, 0.3) is 0 Å². The number of benzene rings is 2. The van der Waals surface area contributed by atoms with Crippen LogP contribution in [0.2, 0.25) is 0 Å². The molecule has 0 aliphatic heterocycles. The highest BCUT2D eigenvalue weighted by Gasteiger charge is 2.13. The number of ether oxygens (including phenoxy) is 1. The largest absolute Gasteiger partial charge is 0.451 e. The Bertz CT molecular complexity index is 568. The van der Waals surface area contributed by atoms with Crippen LogP contribution in [0.15, 0.2) is 30.3 Å². The van der Waals surface area contributed by atoms with Gasteiger partial charge in [0.1, 0.15) is 5.75 Å². The van der Waals surface area contributed by atoms with Gasteiger partial charge in [-0.05, 0) is 54.8 Å². The van der Waals surface area contributed by atoms with E-state index >= 15 is 0 Å². The van der Waals surface area contributed by atoms with E-state index in [1.165, 1.54) is 12.1 Å². The van der Waals surface area contributed by atoms with Gasteiger partial charge in [-0.25, -0.2) is 8.78 Å². The lowest BCUT2D eigenvalue weighted by Gasteiger charge is -2.10. The first-order chi connectivity index (χ1) is 8.99. The smallest absolute Gasteiger partial charge is 0.198 e. The topological polar surface area (TPSA) is 35.2 Å². The Balaban J connectivity index is 2.38. The van der Waals surface area contributed by atoms with Gasteiger partial charge in [-0.2, -0.15) is 0 Å². The Morgan fingerprint density at radius 3 is 1.95 bits per heavy atom. The lowest BCUT2D eigenvalue weighted by atomic mass is 10.1. The molecule has 2 nitrogen and oxygen atoms in total. The van der Waals surface area contributed by atoms with Crippen LogP contribution in [0.4, 0.5) is 8.78 Å². The fourth-order valence-electron chi connectivity index (χ4n) is 1.94. The second kappa shape index (κ2) is 5.36. The summed E-state index contributed by atoms with van der Waals surface area (Å²) in [6, 6.07) is 7.77. The highest BCUT2D eigenvalue weighted by atomic mass is 19.1. The number of hydrogen-bond donors (Lipinski definition) is 1. The van der Waals surface area contributed by atoms with E-state index in [-0.39, 0.29) is 6.54 Å². The lowest BCUT2D eigenvalue weighted by molar-refractivity contribution is 0.406. The van der Waals surface area contributed by atoms with Crippen LogP contribution in [-0.4, -0.2) is 0 Å². The molecule has 0 saturated heterocycles. The molecule has 0 amide bonds. The molecular formula is C15H15F2NO. The molecule has 0 heterocycles. The van der Waals surface area contributed by atoms with E-state index in [2.05, 4.69) is 0 Å². The summed E-state index contributed by atoms with van der Waals surface area (Å²) in [5.41, 5.74) is 7.68. The first-order valence-electron chi connectivity index (χ1n) is 5.93. The Morgan fingerprint density at radius 1 is 0.947 bits per heavy atom. The van der Waals surface area contributed by atoms with Crippen molar-refractivity contribution in [1.29, 1.82) is 0 Å². The molecule has 0 aliphatic carbocycles. The molecule has 0 unspecified atom stereocenters. The highest BCUT2D eigenvalue weighted by molar-refractivity contribution is 5.39. The summed E-state index contributed by atoms with van der Waals surface area (Å²) in [6.45, 7) is 3.87. The summed E-state index contributed by atoms with van der Waals surface area (Å²) in [4.78, 5) is 0. The molecule has 0 aliphatic rings. The molecule has 0 aromatic heterocycles.